The van der Waals surface area contributed by atoms with Crippen molar-refractivity contribution in [3.8, 4) is 5.75 Å². The van der Waals surface area contributed by atoms with E-state index >= 15 is 0 Å². The fourth-order valence-corrected chi connectivity index (χ4v) is 5.68. The van der Waals surface area contributed by atoms with E-state index in [0.717, 1.165) is 61.0 Å². The molecule has 0 aliphatic rings. The molecular weight excluding hydrogens is 598 g/mol. The second-order valence-electron chi connectivity index (χ2n) is 12.0. The summed E-state index contributed by atoms with van der Waals surface area (Å²) in [5.41, 5.74) is 5.23. The van der Waals surface area contributed by atoms with Crippen LogP contribution in [0.3, 0.4) is 0 Å². The molecule has 1 unspecified atom stereocenters. The van der Waals surface area contributed by atoms with Gasteiger partial charge in [0.2, 0.25) is 0 Å². The highest BCUT2D eigenvalue weighted by atomic mass is 16.5. The monoisotopic (exact) mass is 647 g/mol. The van der Waals surface area contributed by atoms with Crippen LogP contribution in [0.4, 0.5) is 0 Å². The molecule has 0 N–H and O–H groups in total. The molecule has 4 aromatic rings. The second kappa shape index (κ2) is 20.5. The quantitative estimate of drug-likeness (QED) is 0.0707. The number of unbranched alkanes of at least 4 members (excludes halogenated alkanes) is 2. The van der Waals surface area contributed by atoms with Gasteiger partial charge in [-0.2, -0.15) is 0 Å². The normalized spacial score (nSPS) is 11.8. The molecule has 252 valence electrons. The average Bonchev–Trinajstić information content (AvgIpc) is 3.12. The molecule has 4 rings (SSSR count). The zero-order valence-corrected chi connectivity index (χ0v) is 28.4. The van der Waals surface area contributed by atoms with E-state index in [4.69, 9.17) is 14.2 Å². The number of methoxy groups -OCH3 is 1. The van der Waals surface area contributed by atoms with Crippen LogP contribution in [0.5, 0.6) is 5.75 Å². The highest BCUT2D eigenvalue weighted by Crippen LogP contribution is 2.24. The minimum atomic E-state index is -0.346. The molecule has 6 nitrogen and oxygen atoms in total. The minimum absolute atomic E-state index is 0.167. The highest BCUT2D eigenvalue weighted by Gasteiger charge is 2.16. The highest BCUT2D eigenvalue weighted by molar-refractivity contribution is 5.89. The number of hydrogen-bond acceptors (Lipinski definition) is 6. The number of nitrogens with zero attached hydrogens (tertiary/aromatic N) is 1. The SMILES string of the molecule is CCOC(=O)CN(CCC(/C=C/c1ccccc1OCCCCCc1ccccc1)Cc1ccc(C(=O)OC)cc1)Cc1ccccc1. The first kappa shape index (κ1) is 36.2. The van der Waals surface area contributed by atoms with Crippen molar-refractivity contribution in [3.05, 3.63) is 143 Å². The number of carbonyl (C=O) groups excluding carboxylic acids is 2. The van der Waals surface area contributed by atoms with Crippen LogP contribution in [0.15, 0.2) is 115 Å². The summed E-state index contributed by atoms with van der Waals surface area (Å²) >= 11 is 0. The molecule has 4 aromatic carbocycles. The van der Waals surface area contributed by atoms with E-state index in [0.29, 0.717) is 31.9 Å². The first-order chi connectivity index (χ1) is 23.5. The van der Waals surface area contributed by atoms with E-state index in [-0.39, 0.29) is 24.4 Å². The average molecular weight is 648 g/mol. The number of para-hydroxylation sites is 1. The molecule has 0 heterocycles. The van der Waals surface area contributed by atoms with Crippen LogP contribution < -0.4 is 4.74 Å². The molecule has 1 atom stereocenters. The van der Waals surface area contributed by atoms with Gasteiger partial charge in [0.25, 0.3) is 0 Å². The van der Waals surface area contributed by atoms with E-state index in [1.807, 2.05) is 67.6 Å². The Morgan fingerprint density at radius 1 is 0.771 bits per heavy atom. The summed E-state index contributed by atoms with van der Waals surface area (Å²) in [6.07, 6.45) is 10.4. The Morgan fingerprint density at radius 3 is 2.17 bits per heavy atom. The standard InChI is InChI=1S/C42H49NO5/c1-3-47-41(44)33-43(32-37-18-9-5-10-19-37)29-28-36(31-35-23-26-39(27-24-35)42(45)46-2)22-25-38-20-12-13-21-40(38)48-30-14-6-11-17-34-15-7-4-8-16-34/h4-5,7-10,12-13,15-16,18-27,36H,3,6,11,14,17,28-33H2,1-2H3/b25-22+. The molecule has 0 fully saturated rings. The number of hydrogen-bond donors (Lipinski definition) is 0. The number of carbonyl (C=O) groups is 2. The zero-order valence-electron chi connectivity index (χ0n) is 28.4. The van der Waals surface area contributed by atoms with E-state index < -0.39 is 0 Å². The summed E-state index contributed by atoms with van der Waals surface area (Å²) < 4.78 is 16.4. The third-order valence-corrected chi connectivity index (χ3v) is 8.27. The predicted molar refractivity (Wildman–Crippen MR) is 193 cm³/mol. The van der Waals surface area contributed by atoms with Gasteiger partial charge in [0.05, 0.1) is 32.4 Å². The first-order valence-electron chi connectivity index (χ1n) is 17.1. The maximum Gasteiger partial charge on any atom is 0.337 e. The van der Waals surface area contributed by atoms with Crippen LogP contribution in [0.1, 0.15) is 65.2 Å². The van der Waals surface area contributed by atoms with Crippen LogP contribution >= 0.6 is 0 Å². The molecular formula is C42H49NO5. The van der Waals surface area contributed by atoms with Crippen LogP contribution in [0, 0.1) is 5.92 Å². The molecule has 0 radical (unpaired) electrons. The number of rotatable bonds is 20. The zero-order chi connectivity index (χ0) is 33.8. The Kier molecular flexibility index (Phi) is 15.5. The Labute approximate surface area is 286 Å². The Balaban J connectivity index is 1.43. The Hall–Kier alpha value is -4.68. The summed E-state index contributed by atoms with van der Waals surface area (Å²) in [7, 11) is 1.39. The summed E-state index contributed by atoms with van der Waals surface area (Å²) in [6.45, 7) is 4.47. The van der Waals surface area contributed by atoms with Crippen molar-refractivity contribution in [2.75, 3.05) is 33.4 Å². The molecule has 0 saturated heterocycles. The van der Waals surface area contributed by atoms with Crippen molar-refractivity contribution in [1.29, 1.82) is 0 Å². The lowest BCUT2D eigenvalue weighted by Gasteiger charge is -2.24. The number of aryl methyl sites for hydroxylation is 1. The third kappa shape index (κ3) is 12.8. The Morgan fingerprint density at radius 2 is 1.46 bits per heavy atom. The lowest BCUT2D eigenvalue weighted by molar-refractivity contribution is -0.144. The fourth-order valence-electron chi connectivity index (χ4n) is 5.68. The number of esters is 2. The first-order valence-corrected chi connectivity index (χ1v) is 17.1. The van der Waals surface area contributed by atoms with Crippen molar-refractivity contribution in [3.63, 3.8) is 0 Å². The van der Waals surface area contributed by atoms with Crippen molar-refractivity contribution < 1.29 is 23.8 Å². The molecule has 0 aliphatic carbocycles. The molecule has 6 heteroatoms. The van der Waals surface area contributed by atoms with Gasteiger partial charge in [-0.15, -0.1) is 0 Å². The lowest BCUT2D eigenvalue weighted by atomic mass is 9.94. The smallest absolute Gasteiger partial charge is 0.337 e. The van der Waals surface area contributed by atoms with Gasteiger partial charge >= 0.3 is 11.9 Å². The summed E-state index contributed by atoms with van der Waals surface area (Å²) in [4.78, 5) is 26.7. The number of ether oxygens (including phenoxy) is 3. The second-order valence-corrected chi connectivity index (χ2v) is 12.0. The molecule has 0 spiro atoms. The van der Waals surface area contributed by atoms with E-state index in [1.54, 1.807) is 0 Å². The molecule has 0 aliphatic heterocycles. The van der Waals surface area contributed by atoms with Crippen LogP contribution in [0.2, 0.25) is 0 Å². The fraction of sp³-hybridized carbons (Fsp3) is 0.333. The predicted octanol–water partition coefficient (Wildman–Crippen LogP) is 8.59. The topological polar surface area (TPSA) is 65.1 Å². The van der Waals surface area contributed by atoms with Gasteiger partial charge in [-0.05, 0) is 92.8 Å². The van der Waals surface area contributed by atoms with Gasteiger partial charge in [-0.25, -0.2) is 4.79 Å². The van der Waals surface area contributed by atoms with Gasteiger partial charge in [-0.3, -0.25) is 9.69 Å². The van der Waals surface area contributed by atoms with Crippen molar-refractivity contribution in [1.82, 2.24) is 4.90 Å². The van der Waals surface area contributed by atoms with Gasteiger partial charge < -0.3 is 14.2 Å². The molecule has 0 saturated carbocycles. The van der Waals surface area contributed by atoms with E-state index in [2.05, 4.69) is 65.6 Å². The third-order valence-electron chi connectivity index (χ3n) is 8.27. The summed E-state index contributed by atoms with van der Waals surface area (Å²) in [5.74, 6) is 0.484. The van der Waals surface area contributed by atoms with Crippen molar-refractivity contribution in [2.24, 2.45) is 5.92 Å². The van der Waals surface area contributed by atoms with E-state index in [9.17, 15) is 9.59 Å². The van der Waals surface area contributed by atoms with Gasteiger partial charge in [-0.1, -0.05) is 103 Å². The largest absolute Gasteiger partial charge is 0.493 e. The molecule has 0 amide bonds. The van der Waals surface area contributed by atoms with Crippen LogP contribution in [0.25, 0.3) is 6.08 Å². The maximum atomic E-state index is 12.5. The maximum absolute atomic E-state index is 12.5. The van der Waals surface area contributed by atoms with Crippen LogP contribution in [-0.2, 0) is 33.7 Å². The molecule has 0 bridgehead atoms. The van der Waals surface area contributed by atoms with Crippen LogP contribution in [-0.4, -0.2) is 50.3 Å². The van der Waals surface area contributed by atoms with Gasteiger partial charge in [0.15, 0.2) is 0 Å². The Bertz CT molecular complexity index is 1540. The minimum Gasteiger partial charge on any atom is -0.493 e. The van der Waals surface area contributed by atoms with Gasteiger partial charge in [0.1, 0.15) is 5.75 Å². The summed E-state index contributed by atoms with van der Waals surface area (Å²) in [6, 6.07) is 36.6. The summed E-state index contributed by atoms with van der Waals surface area (Å²) in [5, 5.41) is 0. The molecule has 0 aromatic heterocycles. The van der Waals surface area contributed by atoms with Crippen molar-refractivity contribution in [2.45, 2.75) is 52.0 Å². The van der Waals surface area contributed by atoms with E-state index in [1.165, 1.54) is 12.7 Å². The number of benzene rings is 4. The number of allylic oxidation sites excluding steroid dienone is 1. The molecule has 48 heavy (non-hydrogen) atoms. The lowest BCUT2D eigenvalue weighted by Crippen LogP contribution is -2.32. The van der Waals surface area contributed by atoms with Crippen molar-refractivity contribution >= 4 is 18.0 Å². The van der Waals surface area contributed by atoms with Gasteiger partial charge in [0, 0.05) is 12.1 Å².